The highest BCUT2D eigenvalue weighted by Gasteiger charge is 2.33. The molecule has 0 spiro atoms. The van der Waals surface area contributed by atoms with E-state index in [4.69, 9.17) is 9.72 Å². The average molecular weight is 423 g/mol. The van der Waals surface area contributed by atoms with Crippen LogP contribution in [0.15, 0.2) is 29.6 Å². The molecular formula is C24H32N5O2+. The van der Waals surface area contributed by atoms with Crippen LogP contribution in [0.5, 0.6) is 5.75 Å². The van der Waals surface area contributed by atoms with E-state index in [0.29, 0.717) is 6.61 Å². The molecule has 0 N–H and O–H groups in total. The van der Waals surface area contributed by atoms with E-state index < -0.39 is 0 Å². The maximum atomic E-state index is 12.2. The SMILES string of the molecule is CCOc1ccccc1-c1c(C(C)N2CCCN(C)CC2)nc2c([n+]1N=O)=CCCC=2. The molecule has 1 aliphatic carbocycles. The molecule has 0 amide bonds. The predicted octanol–water partition coefficient (Wildman–Crippen LogP) is 2.02. The van der Waals surface area contributed by atoms with Crippen molar-refractivity contribution in [3.05, 3.63) is 45.6 Å². The summed E-state index contributed by atoms with van der Waals surface area (Å²) in [6.07, 6.45) is 7.09. The number of rotatable bonds is 6. The number of hydrogen-bond acceptors (Lipinski definition) is 6. The Kier molecular flexibility index (Phi) is 6.73. The lowest BCUT2D eigenvalue weighted by molar-refractivity contribution is -0.685. The Morgan fingerprint density at radius 3 is 2.77 bits per heavy atom. The molecule has 1 fully saturated rings. The van der Waals surface area contributed by atoms with Crippen LogP contribution in [0.2, 0.25) is 0 Å². The van der Waals surface area contributed by atoms with Gasteiger partial charge in [-0.25, -0.2) is 4.98 Å². The van der Waals surface area contributed by atoms with E-state index in [-0.39, 0.29) is 6.04 Å². The molecule has 4 rings (SSSR count). The van der Waals surface area contributed by atoms with E-state index in [2.05, 4.69) is 41.2 Å². The van der Waals surface area contributed by atoms with Crippen molar-refractivity contribution in [3.8, 4) is 17.0 Å². The van der Waals surface area contributed by atoms with Gasteiger partial charge in [0.05, 0.1) is 18.2 Å². The minimum absolute atomic E-state index is 0.0461. The highest BCUT2D eigenvalue weighted by atomic mass is 16.5. The maximum Gasteiger partial charge on any atom is 0.276 e. The minimum Gasteiger partial charge on any atom is -0.493 e. The van der Waals surface area contributed by atoms with Crippen molar-refractivity contribution in [2.75, 3.05) is 39.8 Å². The molecule has 2 aliphatic rings. The van der Waals surface area contributed by atoms with E-state index in [1.807, 2.05) is 31.2 Å². The molecule has 164 valence electrons. The Balaban J connectivity index is 1.94. The van der Waals surface area contributed by atoms with Crippen molar-refractivity contribution in [1.82, 2.24) is 14.8 Å². The first kappa shape index (κ1) is 21.6. The summed E-state index contributed by atoms with van der Waals surface area (Å²) in [5.41, 5.74) is 2.46. The maximum absolute atomic E-state index is 12.2. The van der Waals surface area contributed by atoms with E-state index in [9.17, 15) is 4.91 Å². The minimum atomic E-state index is 0.0461. The lowest BCUT2D eigenvalue weighted by atomic mass is 10.0. The van der Waals surface area contributed by atoms with Crippen LogP contribution < -0.4 is 20.1 Å². The number of hydrogen-bond donors (Lipinski definition) is 0. The second-order valence-electron chi connectivity index (χ2n) is 8.29. The molecule has 0 bridgehead atoms. The summed E-state index contributed by atoms with van der Waals surface area (Å²) in [5.74, 6) is 0.744. The summed E-state index contributed by atoms with van der Waals surface area (Å²) in [5, 5.41) is 5.09. The van der Waals surface area contributed by atoms with Gasteiger partial charge in [-0.3, -0.25) is 4.90 Å². The predicted molar refractivity (Wildman–Crippen MR) is 122 cm³/mol. The zero-order valence-corrected chi connectivity index (χ0v) is 18.8. The number of benzene rings is 1. The molecule has 1 aromatic heterocycles. The van der Waals surface area contributed by atoms with Crippen molar-refractivity contribution in [3.63, 3.8) is 0 Å². The summed E-state index contributed by atoms with van der Waals surface area (Å²) in [4.78, 5) is 22.1. The first-order valence-electron chi connectivity index (χ1n) is 11.3. The molecule has 0 saturated carbocycles. The van der Waals surface area contributed by atoms with Crippen LogP contribution in [0.3, 0.4) is 0 Å². The Morgan fingerprint density at radius 2 is 1.97 bits per heavy atom. The van der Waals surface area contributed by atoms with Crippen molar-refractivity contribution >= 4 is 12.2 Å². The van der Waals surface area contributed by atoms with Gasteiger partial charge in [-0.2, -0.15) is 0 Å². The fraction of sp³-hybridized carbons (Fsp3) is 0.500. The summed E-state index contributed by atoms with van der Waals surface area (Å²) >= 11 is 0. The van der Waals surface area contributed by atoms with E-state index >= 15 is 0 Å². The molecular weight excluding hydrogens is 390 g/mol. The third kappa shape index (κ3) is 4.38. The second kappa shape index (κ2) is 9.66. The fourth-order valence-corrected chi connectivity index (χ4v) is 4.56. The number of para-hydroxylation sites is 1. The summed E-state index contributed by atoms with van der Waals surface area (Å²) in [6.45, 7) is 8.79. The van der Waals surface area contributed by atoms with Crippen LogP contribution in [-0.4, -0.2) is 54.6 Å². The molecule has 7 nitrogen and oxygen atoms in total. The van der Waals surface area contributed by atoms with Crippen molar-refractivity contribution < 1.29 is 9.41 Å². The molecule has 1 saturated heterocycles. The Morgan fingerprint density at radius 1 is 1.16 bits per heavy atom. The number of fused-ring (bicyclic) bond motifs is 1. The third-order valence-electron chi connectivity index (χ3n) is 6.25. The van der Waals surface area contributed by atoms with Crippen molar-refractivity contribution in [2.24, 2.45) is 5.29 Å². The molecule has 7 heteroatoms. The van der Waals surface area contributed by atoms with Gasteiger partial charge in [-0.1, -0.05) is 23.1 Å². The number of nitroso groups, excluding NO2 is 1. The van der Waals surface area contributed by atoms with Gasteiger partial charge in [-0.15, -0.1) is 0 Å². The summed E-state index contributed by atoms with van der Waals surface area (Å²) in [7, 11) is 2.17. The number of likely N-dealkylation sites (N-methyl/N-ethyl adjacent to an activating group) is 1. The highest BCUT2D eigenvalue weighted by molar-refractivity contribution is 5.67. The second-order valence-corrected chi connectivity index (χ2v) is 8.29. The molecule has 1 unspecified atom stereocenters. The van der Waals surface area contributed by atoms with Crippen LogP contribution in [0.25, 0.3) is 23.4 Å². The van der Waals surface area contributed by atoms with Crippen LogP contribution in [0.1, 0.15) is 44.8 Å². The lowest BCUT2D eigenvalue weighted by Gasteiger charge is -2.27. The van der Waals surface area contributed by atoms with Gasteiger partial charge in [0.2, 0.25) is 5.29 Å². The first-order valence-corrected chi connectivity index (χ1v) is 11.3. The summed E-state index contributed by atoms with van der Waals surface area (Å²) in [6, 6.07) is 7.91. The number of nitrogens with zero attached hydrogens (tertiary/aromatic N) is 5. The van der Waals surface area contributed by atoms with Gasteiger partial charge in [0, 0.05) is 19.6 Å². The van der Waals surface area contributed by atoms with Crippen molar-refractivity contribution in [1.29, 1.82) is 0 Å². The zero-order chi connectivity index (χ0) is 21.8. The van der Waals surface area contributed by atoms with Gasteiger partial charge in [0.1, 0.15) is 16.8 Å². The Bertz CT molecular complexity index is 1070. The normalized spacial score (nSPS) is 18.3. The smallest absolute Gasteiger partial charge is 0.276 e. The average Bonchev–Trinajstić information content (AvgIpc) is 3.02. The molecule has 1 atom stereocenters. The van der Waals surface area contributed by atoms with E-state index in [0.717, 1.165) is 78.8 Å². The molecule has 2 heterocycles. The largest absolute Gasteiger partial charge is 0.493 e. The third-order valence-corrected chi connectivity index (χ3v) is 6.25. The zero-order valence-electron chi connectivity index (χ0n) is 18.8. The van der Waals surface area contributed by atoms with E-state index in [1.165, 1.54) is 4.68 Å². The first-order chi connectivity index (χ1) is 15.1. The fourth-order valence-electron chi connectivity index (χ4n) is 4.56. The Labute approximate surface area is 183 Å². The highest BCUT2D eigenvalue weighted by Crippen LogP contribution is 2.33. The van der Waals surface area contributed by atoms with Gasteiger partial charge >= 0.3 is 0 Å². The van der Waals surface area contributed by atoms with Gasteiger partial charge in [-0.05, 0) is 69.6 Å². The molecule has 0 radical (unpaired) electrons. The van der Waals surface area contributed by atoms with Gasteiger partial charge in [0.25, 0.3) is 11.0 Å². The lowest BCUT2D eigenvalue weighted by Crippen LogP contribution is -2.58. The summed E-state index contributed by atoms with van der Waals surface area (Å²) < 4.78 is 7.46. The quantitative estimate of drug-likeness (QED) is 0.527. The van der Waals surface area contributed by atoms with Crippen LogP contribution in [0.4, 0.5) is 0 Å². The number of ether oxygens (including phenoxy) is 1. The van der Waals surface area contributed by atoms with Gasteiger partial charge in [0.15, 0.2) is 0 Å². The monoisotopic (exact) mass is 422 g/mol. The topological polar surface area (TPSA) is 61.9 Å². The van der Waals surface area contributed by atoms with Crippen LogP contribution in [0, 0.1) is 4.91 Å². The van der Waals surface area contributed by atoms with Gasteiger partial charge < -0.3 is 9.64 Å². The molecule has 31 heavy (non-hydrogen) atoms. The van der Waals surface area contributed by atoms with Crippen LogP contribution in [-0.2, 0) is 0 Å². The standard InChI is InChI=1S/C24H32N5O2/c1-4-31-22-13-8-5-10-19(22)24-23(18(2)28-15-9-14-27(3)16-17-28)25-20-11-6-7-12-21(20)29(24)26-30/h5,8,10-13,18H,4,6-7,9,14-17H2,1-3H3/q+1. The van der Waals surface area contributed by atoms with Crippen LogP contribution >= 0.6 is 0 Å². The Hall–Kier alpha value is -2.64. The number of aromatic nitrogens is 2. The molecule has 1 aliphatic heterocycles. The van der Waals surface area contributed by atoms with E-state index in [1.54, 1.807) is 0 Å². The molecule has 2 aromatic rings. The van der Waals surface area contributed by atoms with Crippen molar-refractivity contribution in [2.45, 2.75) is 39.2 Å². The molecule has 1 aromatic carbocycles.